The predicted molar refractivity (Wildman–Crippen MR) is 181 cm³/mol. The Hall–Kier alpha value is -1.40. The van der Waals surface area contributed by atoms with Gasteiger partial charge >= 0.3 is 7.60 Å². The Morgan fingerprint density at radius 3 is 1.83 bits per heavy atom. The topological polar surface area (TPSA) is 73.9 Å². The maximum atomic E-state index is 13.0. The lowest BCUT2D eigenvalue weighted by Gasteiger charge is -2.36. The van der Waals surface area contributed by atoms with E-state index in [2.05, 4.69) is 46.1 Å². The van der Waals surface area contributed by atoms with Crippen LogP contribution >= 0.6 is 7.60 Å². The smallest absolute Gasteiger partial charge is 0.353 e. The fourth-order valence-electron chi connectivity index (χ4n) is 4.48. The van der Waals surface area contributed by atoms with E-state index in [1.807, 2.05) is 24.3 Å². The summed E-state index contributed by atoms with van der Waals surface area (Å²) in [6, 6.07) is 7.78. The van der Waals surface area contributed by atoms with E-state index in [1.54, 1.807) is 19.9 Å². The zero-order valence-corrected chi connectivity index (χ0v) is 30.0. The minimum absolute atomic E-state index is 0.0149. The van der Waals surface area contributed by atoms with E-state index in [9.17, 15) is 9.36 Å². The first-order valence-corrected chi connectivity index (χ1v) is 21.0. The summed E-state index contributed by atoms with van der Waals surface area (Å²) in [6.45, 7) is 17.6. The van der Waals surface area contributed by atoms with Crippen molar-refractivity contribution in [3.8, 4) is 5.75 Å². The van der Waals surface area contributed by atoms with E-state index in [0.29, 0.717) is 12.8 Å². The van der Waals surface area contributed by atoms with Gasteiger partial charge < -0.3 is 18.8 Å². The lowest BCUT2D eigenvalue weighted by molar-refractivity contribution is -0.121. The van der Waals surface area contributed by atoms with E-state index in [0.717, 1.165) is 24.2 Å². The van der Waals surface area contributed by atoms with Crippen LogP contribution in [0.25, 0.3) is 0 Å². The summed E-state index contributed by atoms with van der Waals surface area (Å²) in [4.78, 5) is 12.9. The molecule has 0 radical (unpaired) electrons. The van der Waals surface area contributed by atoms with Crippen molar-refractivity contribution in [2.45, 2.75) is 149 Å². The molecule has 0 aliphatic heterocycles. The molecule has 6 nitrogen and oxygen atoms in total. The molecular weight excluding hydrogens is 561 g/mol. The molecule has 242 valence electrons. The highest BCUT2D eigenvalue weighted by atomic mass is 31.2. The maximum Gasteiger partial charge on any atom is 0.353 e. The normalized spacial score (nSPS) is 13.4. The molecule has 42 heavy (non-hydrogen) atoms. The van der Waals surface area contributed by atoms with Crippen LogP contribution in [0.1, 0.15) is 124 Å². The Balaban J connectivity index is 2.72. The second-order valence-electron chi connectivity index (χ2n) is 12.9. The molecular formula is C34H62NO5PSi. The van der Waals surface area contributed by atoms with Crippen LogP contribution in [0.5, 0.6) is 5.75 Å². The Kier molecular flexibility index (Phi) is 18.9. The zero-order valence-electron chi connectivity index (χ0n) is 28.1. The first kappa shape index (κ1) is 38.6. The monoisotopic (exact) mass is 623 g/mol. The van der Waals surface area contributed by atoms with Gasteiger partial charge in [-0.1, -0.05) is 110 Å². The highest BCUT2D eigenvalue weighted by Gasteiger charge is 2.38. The number of unbranched alkanes of at least 4 members (excludes halogenated alkanes) is 10. The van der Waals surface area contributed by atoms with E-state index < -0.39 is 15.9 Å². The van der Waals surface area contributed by atoms with Gasteiger partial charge in [0.15, 0.2) is 0 Å². The van der Waals surface area contributed by atoms with Crippen LogP contribution in [0, 0.1) is 0 Å². The highest BCUT2D eigenvalue weighted by Crippen LogP contribution is 2.49. The molecule has 0 heterocycles. The number of carbonyl (C=O) groups excluding carboxylic acids is 1. The first-order valence-electron chi connectivity index (χ1n) is 16.5. The van der Waals surface area contributed by atoms with E-state index >= 15 is 0 Å². The summed E-state index contributed by atoms with van der Waals surface area (Å²) in [5, 5.41) is 3.27. The average Bonchev–Trinajstić information content (AvgIpc) is 2.91. The van der Waals surface area contributed by atoms with Crippen molar-refractivity contribution in [2.24, 2.45) is 0 Å². The molecule has 0 unspecified atom stereocenters. The molecule has 1 aromatic carbocycles. The average molecular weight is 624 g/mol. The highest BCUT2D eigenvalue weighted by molar-refractivity contribution is 7.57. The SMILES string of the molecule is CCCCCCCCCCCCCC(=O)N[C@H](/C=C/P(=O)(OCC)OCC)Cc1ccc(O[Si](C)(C)C(C)(C)C)cc1. The van der Waals surface area contributed by atoms with Gasteiger partial charge in [0.2, 0.25) is 14.2 Å². The molecule has 1 rings (SSSR count). The van der Waals surface area contributed by atoms with Crippen LogP contribution in [0.3, 0.4) is 0 Å². The fourth-order valence-corrected chi connectivity index (χ4v) is 6.90. The number of nitrogens with one attached hydrogen (secondary N) is 1. The van der Waals surface area contributed by atoms with Crippen molar-refractivity contribution in [3.05, 3.63) is 41.7 Å². The second kappa shape index (κ2) is 20.5. The lowest BCUT2D eigenvalue weighted by atomic mass is 10.0. The van der Waals surface area contributed by atoms with Gasteiger partial charge in [0, 0.05) is 12.2 Å². The standard InChI is InChI=1S/C34H62NO5PSi/c1-9-12-13-14-15-16-17-18-19-20-21-22-33(36)35-31(27-28-41(37,38-10-2)39-11-3)29-30-23-25-32(26-24-30)40-42(7,8)34(4,5)6/h23-28,31H,9-22,29H2,1-8H3,(H,35,36)/b28-27+/t31-/m1/s1. The van der Waals surface area contributed by atoms with Crippen molar-refractivity contribution in [1.82, 2.24) is 5.32 Å². The maximum absolute atomic E-state index is 13.0. The van der Waals surface area contributed by atoms with Gasteiger partial charge in [-0.3, -0.25) is 9.36 Å². The number of rotatable bonds is 23. The van der Waals surface area contributed by atoms with Crippen LogP contribution in [-0.4, -0.2) is 33.5 Å². The van der Waals surface area contributed by atoms with Crippen LogP contribution in [0.15, 0.2) is 36.2 Å². The minimum Gasteiger partial charge on any atom is -0.544 e. The third-order valence-corrected chi connectivity index (χ3v) is 14.2. The van der Waals surface area contributed by atoms with Gasteiger partial charge in [-0.05, 0) is 62.5 Å². The Morgan fingerprint density at radius 2 is 1.36 bits per heavy atom. The molecule has 8 heteroatoms. The molecule has 1 aromatic rings. The lowest BCUT2D eigenvalue weighted by Crippen LogP contribution is -2.43. The summed E-state index contributed by atoms with van der Waals surface area (Å²) >= 11 is 0. The predicted octanol–water partition coefficient (Wildman–Crippen LogP) is 10.6. The van der Waals surface area contributed by atoms with E-state index in [1.165, 1.54) is 63.6 Å². The van der Waals surface area contributed by atoms with Gasteiger partial charge in [0.05, 0.1) is 19.3 Å². The molecule has 0 aromatic heterocycles. The van der Waals surface area contributed by atoms with E-state index in [-0.39, 0.29) is 30.2 Å². The van der Waals surface area contributed by atoms with Crippen LogP contribution in [-0.2, 0) is 24.8 Å². The molecule has 0 saturated heterocycles. The quantitative estimate of drug-likeness (QED) is 0.0746. The van der Waals surface area contributed by atoms with Crippen molar-refractivity contribution >= 4 is 21.8 Å². The number of hydrogen-bond acceptors (Lipinski definition) is 5. The molecule has 1 atom stereocenters. The molecule has 0 spiro atoms. The van der Waals surface area contributed by atoms with Crippen molar-refractivity contribution < 1.29 is 22.8 Å². The number of hydrogen-bond donors (Lipinski definition) is 1. The molecule has 0 fully saturated rings. The van der Waals surface area contributed by atoms with Gasteiger partial charge in [-0.2, -0.15) is 0 Å². The van der Waals surface area contributed by atoms with Crippen molar-refractivity contribution in [3.63, 3.8) is 0 Å². The molecule has 0 aliphatic rings. The Bertz CT molecular complexity index is 932. The van der Waals surface area contributed by atoms with Gasteiger partial charge in [0.25, 0.3) is 0 Å². The van der Waals surface area contributed by atoms with Crippen LogP contribution < -0.4 is 9.74 Å². The van der Waals surface area contributed by atoms with Crippen LogP contribution in [0.4, 0.5) is 0 Å². The fraction of sp³-hybridized carbons (Fsp3) is 0.735. The third-order valence-electron chi connectivity index (χ3n) is 8.03. The summed E-state index contributed by atoms with van der Waals surface area (Å²) < 4.78 is 30.3. The summed E-state index contributed by atoms with van der Waals surface area (Å²) in [5.74, 6) is 2.39. The molecule has 1 amide bonds. The largest absolute Gasteiger partial charge is 0.544 e. The van der Waals surface area contributed by atoms with Crippen molar-refractivity contribution in [1.29, 1.82) is 0 Å². The van der Waals surface area contributed by atoms with Gasteiger partial charge in [-0.25, -0.2) is 0 Å². The molecule has 0 bridgehead atoms. The summed E-state index contributed by atoms with van der Waals surface area (Å²) in [7, 11) is -5.29. The third kappa shape index (κ3) is 16.4. The van der Waals surface area contributed by atoms with Gasteiger partial charge in [0.1, 0.15) is 5.75 Å². The van der Waals surface area contributed by atoms with Crippen molar-refractivity contribution in [2.75, 3.05) is 13.2 Å². The molecule has 0 aliphatic carbocycles. The van der Waals surface area contributed by atoms with Crippen LogP contribution in [0.2, 0.25) is 18.1 Å². The zero-order chi connectivity index (χ0) is 31.5. The summed E-state index contributed by atoms with van der Waals surface area (Å²) in [6.07, 6.45) is 16.6. The Morgan fingerprint density at radius 1 is 0.857 bits per heavy atom. The summed E-state index contributed by atoms with van der Waals surface area (Å²) in [5.41, 5.74) is 1.06. The molecule has 1 N–H and O–H groups in total. The number of amides is 1. The number of carbonyl (C=O) groups is 1. The van der Waals surface area contributed by atoms with Gasteiger partial charge in [-0.15, -0.1) is 0 Å². The van der Waals surface area contributed by atoms with E-state index in [4.69, 9.17) is 13.5 Å². The Labute approximate surface area is 259 Å². The number of benzene rings is 1. The second-order valence-corrected chi connectivity index (χ2v) is 19.5. The molecule has 0 saturated carbocycles. The minimum atomic E-state index is -3.36. The first-order chi connectivity index (χ1) is 19.9.